The number of hydrogen-bond donors (Lipinski definition) is 0. The van der Waals surface area contributed by atoms with Crippen molar-refractivity contribution in [1.29, 1.82) is 0 Å². The molecule has 0 N–H and O–H groups in total. The highest BCUT2D eigenvalue weighted by Gasteiger charge is 2.18. The maximum absolute atomic E-state index is 12.7. The van der Waals surface area contributed by atoms with Gasteiger partial charge in [-0.25, -0.2) is 9.78 Å². The first-order chi connectivity index (χ1) is 13.9. The van der Waals surface area contributed by atoms with Gasteiger partial charge >= 0.3 is 5.97 Å². The smallest absolute Gasteiger partial charge is 0.341 e. The Bertz CT molecular complexity index is 1010. The third kappa shape index (κ3) is 5.03. The summed E-state index contributed by atoms with van der Waals surface area (Å²) in [5, 5.41) is 2.96. The highest BCUT2D eigenvalue weighted by Crippen LogP contribution is 2.19. The predicted molar refractivity (Wildman–Crippen MR) is 108 cm³/mol. The van der Waals surface area contributed by atoms with E-state index in [4.69, 9.17) is 13.9 Å². The lowest BCUT2D eigenvalue weighted by Crippen LogP contribution is -2.25. The number of aryl methyl sites for hydroxylation is 2. The van der Waals surface area contributed by atoms with Gasteiger partial charge in [0.05, 0.1) is 24.4 Å². The second kappa shape index (κ2) is 8.91. The van der Waals surface area contributed by atoms with E-state index in [-0.39, 0.29) is 12.5 Å². The van der Waals surface area contributed by atoms with Gasteiger partial charge in [-0.15, -0.1) is 11.3 Å². The summed E-state index contributed by atoms with van der Waals surface area (Å²) < 4.78 is 16.0. The van der Waals surface area contributed by atoms with Crippen molar-refractivity contribution in [2.24, 2.45) is 0 Å². The summed E-state index contributed by atoms with van der Waals surface area (Å²) in [6, 6.07) is 8.54. The quantitative estimate of drug-likeness (QED) is 0.544. The van der Waals surface area contributed by atoms with Crippen LogP contribution in [0.4, 0.5) is 0 Å². The number of hydrogen-bond acceptors (Lipinski definition) is 7. The standard InChI is InChI=1S/C21H22N2O5S/c1-13-19(21(25)26-4)9-18(28-13)10-23(3)20(24)15-5-7-17(8-6-15)27-11-16-12-29-14(2)22-16/h5-9,12H,10-11H2,1-4H3. The lowest BCUT2D eigenvalue weighted by Gasteiger charge is -2.16. The first-order valence-electron chi connectivity index (χ1n) is 8.94. The van der Waals surface area contributed by atoms with Gasteiger partial charge in [0.1, 0.15) is 29.4 Å². The number of rotatable bonds is 7. The summed E-state index contributed by atoms with van der Waals surface area (Å²) in [6.07, 6.45) is 0. The summed E-state index contributed by atoms with van der Waals surface area (Å²) in [5.74, 6) is 1.01. The fraction of sp³-hybridized carbons (Fsp3) is 0.286. The van der Waals surface area contributed by atoms with Crippen LogP contribution < -0.4 is 4.74 Å². The lowest BCUT2D eigenvalue weighted by molar-refractivity contribution is 0.0598. The zero-order valence-corrected chi connectivity index (χ0v) is 17.5. The Balaban J connectivity index is 1.60. The third-order valence-corrected chi connectivity index (χ3v) is 5.09. The number of aromatic nitrogens is 1. The van der Waals surface area contributed by atoms with E-state index >= 15 is 0 Å². The number of benzene rings is 1. The van der Waals surface area contributed by atoms with Gasteiger partial charge in [0.2, 0.25) is 0 Å². The minimum absolute atomic E-state index is 0.166. The van der Waals surface area contributed by atoms with E-state index in [9.17, 15) is 9.59 Å². The molecule has 0 unspecified atom stereocenters. The zero-order valence-electron chi connectivity index (χ0n) is 16.7. The second-order valence-corrected chi connectivity index (χ2v) is 7.57. The molecule has 0 saturated carbocycles. The Morgan fingerprint density at radius 3 is 2.55 bits per heavy atom. The highest BCUT2D eigenvalue weighted by atomic mass is 32.1. The Labute approximate surface area is 172 Å². The van der Waals surface area contributed by atoms with Crippen molar-refractivity contribution in [2.75, 3.05) is 14.2 Å². The van der Waals surface area contributed by atoms with E-state index in [0.717, 1.165) is 10.7 Å². The van der Waals surface area contributed by atoms with Crippen LogP contribution >= 0.6 is 11.3 Å². The van der Waals surface area contributed by atoms with E-state index in [1.54, 1.807) is 55.6 Å². The minimum Gasteiger partial charge on any atom is -0.487 e. The molecular weight excluding hydrogens is 392 g/mol. The normalized spacial score (nSPS) is 10.6. The number of amides is 1. The van der Waals surface area contributed by atoms with E-state index in [2.05, 4.69) is 4.98 Å². The fourth-order valence-electron chi connectivity index (χ4n) is 2.79. The molecule has 3 aromatic rings. The molecule has 2 heterocycles. The number of carbonyl (C=O) groups excluding carboxylic acids is 2. The topological polar surface area (TPSA) is 81.9 Å². The third-order valence-electron chi connectivity index (χ3n) is 4.27. The molecule has 0 saturated heterocycles. The number of nitrogens with zero attached hydrogens (tertiary/aromatic N) is 2. The summed E-state index contributed by atoms with van der Waals surface area (Å²) in [6.45, 7) is 4.25. The number of thiazole rings is 1. The van der Waals surface area contributed by atoms with Gasteiger partial charge in [-0.1, -0.05) is 0 Å². The molecule has 1 aromatic carbocycles. The van der Waals surface area contributed by atoms with Crippen LogP contribution in [0.15, 0.2) is 40.1 Å². The average Bonchev–Trinajstić information content (AvgIpc) is 3.30. The van der Waals surface area contributed by atoms with E-state index in [1.165, 1.54) is 12.0 Å². The SMILES string of the molecule is COC(=O)c1cc(CN(C)C(=O)c2ccc(OCc3csc(C)n3)cc2)oc1C. The summed E-state index contributed by atoms with van der Waals surface area (Å²) >= 11 is 1.58. The number of furan rings is 1. The molecule has 0 fully saturated rings. The molecule has 8 heteroatoms. The second-order valence-electron chi connectivity index (χ2n) is 6.51. The molecule has 0 radical (unpaired) electrons. The highest BCUT2D eigenvalue weighted by molar-refractivity contribution is 7.09. The van der Waals surface area contributed by atoms with Crippen LogP contribution in [0, 0.1) is 13.8 Å². The maximum Gasteiger partial charge on any atom is 0.341 e. The van der Waals surface area contributed by atoms with Crippen LogP contribution in [0.2, 0.25) is 0 Å². The van der Waals surface area contributed by atoms with Crippen molar-refractivity contribution in [3.05, 3.63) is 69.1 Å². The summed E-state index contributed by atoms with van der Waals surface area (Å²) in [4.78, 5) is 30.2. The first-order valence-corrected chi connectivity index (χ1v) is 9.82. The van der Waals surface area contributed by atoms with Gasteiger partial charge < -0.3 is 18.8 Å². The Morgan fingerprint density at radius 1 is 1.21 bits per heavy atom. The van der Waals surface area contributed by atoms with Crippen molar-refractivity contribution in [1.82, 2.24) is 9.88 Å². The number of carbonyl (C=O) groups is 2. The molecule has 0 atom stereocenters. The van der Waals surface area contributed by atoms with Gasteiger partial charge in [-0.05, 0) is 44.2 Å². The molecule has 7 nitrogen and oxygen atoms in total. The zero-order chi connectivity index (χ0) is 21.0. The van der Waals surface area contributed by atoms with E-state index < -0.39 is 5.97 Å². The molecule has 1 amide bonds. The summed E-state index contributed by atoms with van der Waals surface area (Å²) in [7, 11) is 2.99. The molecule has 3 rings (SSSR count). The Morgan fingerprint density at radius 2 is 1.93 bits per heavy atom. The Kier molecular flexibility index (Phi) is 6.33. The van der Waals surface area contributed by atoms with Crippen molar-refractivity contribution in [3.63, 3.8) is 0 Å². The molecule has 0 aliphatic heterocycles. The molecule has 152 valence electrons. The monoisotopic (exact) mass is 414 g/mol. The molecule has 0 spiro atoms. The minimum atomic E-state index is -0.463. The molecule has 0 aliphatic carbocycles. The number of methoxy groups -OCH3 is 1. The fourth-order valence-corrected chi connectivity index (χ4v) is 3.38. The van der Waals surface area contributed by atoms with E-state index in [1.807, 2.05) is 12.3 Å². The Hall–Kier alpha value is -3.13. The van der Waals surface area contributed by atoms with Gasteiger partial charge in [0, 0.05) is 18.0 Å². The van der Waals surface area contributed by atoms with Crippen LogP contribution in [0.25, 0.3) is 0 Å². The van der Waals surface area contributed by atoms with Gasteiger partial charge in [-0.3, -0.25) is 4.79 Å². The molecule has 0 bridgehead atoms. The average molecular weight is 414 g/mol. The molecular formula is C21H22N2O5S. The van der Waals surface area contributed by atoms with Gasteiger partial charge in [0.25, 0.3) is 5.91 Å². The molecule has 0 aliphatic rings. The predicted octanol–water partition coefficient (Wildman–Crippen LogP) is 3.99. The van der Waals surface area contributed by atoms with E-state index in [0.29, 0.717) is 35.0 Å². The maximum atomic E-state index is 12.7. The van der Waals surface area contributed by atoms with Crippen molar-refractivity contribution in [3.8, 4) is 5.75 Å². The van der Waals surface area contributed by atoms with Crippen LogP contribution in [-0.4, -0.2) is 35.9 Å². The van der Waals surface area contributed by atoms with Crippen LogP contribution in [0.1, 0.15) is 42.9 Å². The summed E-state index contributed by atoms with van der Waals surface area (Å²) in [5.41, 5.74) is 1.77. The largest absolute Gasteiger partial charge is 0.487 e. The van der Waals surface area contributed by atoms with Gasteiger partial charge in [0.15, 0.2) is 0 Å². The molecule has 2 aromatic heterocycles. The van der Waals surface area contributed by atoms with Crippen LogP contribution in [-0.2, 0) is 17.9 Å². The van der Waals surface area contributed by atoms with Gasteiger partial charge in [-0.2, -0.15) is 0 Å². The number of esters is 1. The number of ether oxygens (including phenoxy) is 2. The van der Waals surface area contributed by atoms with Crippen LogP contribution in [0.5, 0.6) is 5.75 Å². The molecule has 29 heavy (non-hydrogen) atoms. The van der Waals surface area contributed by atoms with Crippen molar-refractivity contribution in [2.45, 2.75) is 27.0 Å². The van der Waals surface area contributed by atoms with Crippen molar-refractivity contribution >= 4 is 23.2 Å². The lowest BCUT2D eigenvalue weighted by atomic mass is 10.2. The first kappa shape index (κ1) is 20.6. The van der Waals surface area contributed by atoms with Crippen LogP contribution in [0.3, 0.4) is 0 Å². The van der Waals surface area contributed by atoms with Crippen molar-refractivity contribution < 1.29 is 23.5 Å².